The molecule has 0 bridgehead atoms. The molecule has 0 aromatic heterocycles. The monoisotopic (exact) mass is 963 g/mol. The molecule has 0 spiro atoms. The molecule has 10 nitrogen and oxygen atoms in total. The van der Waals surface area contributed by atoms with Crippen LogP contribution in [-0.2, 0) is 26.9 Å². The van der Waals surface area contributed by atoms with E-state index in [0.29, 0.717) is 41.8 Å². The fourth-order valence-electron chi connectivity index (χ4n) is 4.82. The zero-order valence-electron chi connectivity index (χ0n) is 29.6. The third kappa shape index (κ3) is 13.1. The predicted molar refractivity (Wildman–Crippen MR) is 220 cm³/mol. The summed E-state index contributed by atoms with van der Waals surface area (Å²) in [5.41, 5.74) is 1.17. The number of halogens is 2. The van der Waals surface area contributed by atoms with Crippen molar-refractivity contribution in [1.29, 1.82) is 0 Å². The largest absolute Gasteiger partial charge is 0.587 e. The normalized spacial score (nSPS) is 12.0. The van der Waals surface area contributed by atoms with Crippen LogP contribution in [0.2, 0.25) is 0 Å². The van der Waals surface area contributed by atoms with Crippen LogP contribution in [-0.4, -0.2) is 31.5 Å². The van der Waals surface area contributed by atoms with Gasteiger partial charge in [0.1, 0.15) is 41.0 Å². The van der Waals surface area contributed by atoms with Gasteiger partial charge in [-0.05, 0) is 156 Å². The van der Waals surface area contributed by atoms with Gasteiger partial charge in [-0.3, -0.25) is 4.52 Å². The van der Waals surface area contributed by atoms with Crippen LogP contribution in [0.3, 0.4) is 0 Å². The first-order chi connectivity index (χ1) is 25.4. The van der Waals surface area contributed by atoms with Crippen LogP contribution in [0.25, 0.3) is 0 Å². The van der Waals surface area contributed by atoms with E-state index in [9.17, 15) is 9.36 Å². The highest BCUT2D eigenvalue weighted by Gasteiger charge is 2.33. The van der Waals surface area contributed by atoms with Gasteiger partial charge < -0.3 is 33.3 Å². The summed E-state index contributed by atoms with van der Waals surface area (Å²) in [7, 11) is -2.59. The minimum absolute atomic E-state index is 0.214. The van der Waals surface area contributed by atoms with Gasteiger partial charge in [-0.2, -0.15) is 0 Å². The first-order valence-electron chi connectivity index (χ1n) is 16.6. The fraction of sp³-hybridized carbons (Fsp3) is 0.225. The molecule has 0 fully saturated rings. The van der Waals surface area contributed by atoms with E-state index in [0.717, 1.165) is 24.0 Å². The Bertz CT molecular complexity index is 1910. The Balaban J connectivity index is 1.28. The average molecular weight is 964 g/mol. The second-order valence-electron chi connectivity index (χ2n) is 12.7. The van der Waals surface area contributed by atoms with Crippen molar-refractivity contribution in [2.45, 2.75) is 45.4 Å². The molecule has 1 amide bonds. The van der Waals surface area contributed by atoms with Crippen molar-refractivity contribution in [3.8, 4) is 34.5 Å². The third-order valence-electron chi connectivity index (χ3n) is 7.22. The second-order valence-corrected chi connectivity index (χ2v) is 16.5. The average Bonchev–Trinajstić information content (AvgIpc) is 3.12. The van der Waals surface area contributed by atoms with E-state index in [1.165, 1.54) is 0 Å². The molecule has 278 valence electrons. The minimum atomic E-state index is -4.23. The number of para-hydroxylation sites is 2. The molecule has 1 atom stereocenters. The van der Waals surface area contributed by atoms with E-state index in [4.69, 9.17) is 32.5 Å². The highest BCUT2D eigenvalue weighted by Crippen LogP contribution is 2.49. The van der Waals surface area contributed by atoms with E-state index in [1.54, 1.807) is 76.4 Å². The highest BCUT2D eigenvalue weighted by molar-refractivity contribution is 14.1. The molecule has 0 saturated carbocycles. The number of carbonyl (C=O) groups excluding carboxylic acids is 1. The van der Waals surface area contributed by atoms with E-state index in [-0.39, 0.29) is 6.61 Å². The number of carbonyl (C=O) groups is 1. The summed E-state index contributed by atoms with van der Waals surface area (Å²) in [6.45, 7) is 5.54. The summed E-state index contributed by atoms with van der Waals surface area (Å²) in [5, 5.41) is 2.87. The van der Waals surface area contributed by atoms with Gasteiger partial charge in [0.15, 0.2) is 5.75 Å². The molecule has 0 aliphatic carbocycles. The van der Waals surface area contributed by atoms with Gasteiger partial charge in [0.05, 0.1) is 26.9 Å². The SMILES string of the molecule is COc1ccc(COc2ccc(Oc3c(I)cc(C[C@@H](COP(=O)(Oc4ccccc4)Oc4ccccc4)NC(=O)OC(C)(C)C)cc3I)cc2)cc1. The quantitative estimate of drug-likeness (QED) is 0.0763. The number of amides is 1. The van der Waals surface area contributed by atoms with Crippen LogP contribution < -0.4 is 28.6 Å². The van der Waals surface area contributed by atoms with Crippen molar-refractivity contribution >= 4 is 59.1 Å². The van der Waals surface area contributed by atoms with Crippen LogP contribution in [0.5, 0.6) is 34.5 Å². The van der Waals surface area contributed by atoms with Crippen LogP contribution in [0.4, 0.5) is 4.79 Å². The summed E-state index contributed by atoms with van der Waals surface area (Å²) < 4.78 is 56.3. The Hall–Kier alpha value is -3.98. The van der Waals surface area contributed by atoms with Gasteiger partial charge in [0.2, 0.25) is 0 Å². The Morgan fingerprint density at radius 2 is 1.25 bits per heavy atom. The number of hydrogen-bond donors (Lipinski definition) is 1. The second kappa shape index (κ2) is 18.9. The highest BCUT2D eigenvalue weighted by atomic mass is 127. The molecule has 0 heterocycles. The standard InChI is InChI=1S/C40H40I2NO9P/c1-40(2,3)50-39(44)43-30(27-48-53(45,51-34-11-7-5-8-12-34)52-35-13-9-6-10-14-35)23-29-24-36(41)38(37(42)25-29)49-33-21-19-32(20-22-33)47-26-28-15-17-31(46-4)18-16-28/h5-22,24-25,30H,23,26-27H2,1-4H3,(H,43,44)/t30-/m0/s1. The van der Waals surface area contributed by atoms with E-state index >= 15 is 0 Å². The Morgan fingerprint density at radius 3 is 1.77 bits per heavy atom. The lowest BCUT2D eigenvalue weighted by Crippen LogP contribution is -2.42. The van der Waals surface area contributed by atoms with Crippen molar-refractivity contribution < 1.29 is 41.9 Å². The first-order valence-corrected chi connectivity index (χ1v) is 20.2. The number of benzene rings is 5. The number of rotatable bonds is 16. The van der Waals surface area contributed by atoms with Crippen LogP contribution in [0.15, 0.2) is 121 Å². The Labute approximate surface area is 337 Å². The molecule has 1 N–H and O–H groups in total. The predicted octanol–water partition coefficient (Wildman–Crippen LogP) is 11.0. The maximum Gasteiger partial charge on any atom is 0.587 e. The number of ether oxygens (including phenoxy) is 4. The fourth-order valence-corrected chi connectivity index (χ4v) is 8.20. The van der Waals surface area contributed by atoms with E-state index < -0.39 is 25.6 Å². The minimum Gasteiger partial charge on any atom is -0.497 e. The van der Waals surface area contributed by atoms with Gasteiger partial charge >= 0.3 is 13.9 Å². The van der Waals surface area contributed by atoms with Crippen molar-refractivity contribution in [3.63, 3.8) is 0 Å². The van der Waals surface area contributed by atoms with Crippen LogP contribution in [0, 0.1) is 7.14 Å². The topological polar surface area (TPSA) is 111 Å². The van der Waals surface area contributed by atoms with E-state index in [2.05, 4.69) is 50.5 Å². The number of methoxy groups -OCH3 is 1. The van der Waals surface area contributed by atoms with Gasteiger partial charge in [0.25, 0.3) is 0 Å². The number of alkyl carbamates (subject to hydrolysis) is 1. The zero-order chi connectivity index (χ0) is 37.8. The van der Waals surface area contributed by atoms with Crippen molar-refractivity contribution in [3.05, 3.63) is 140 Å². The first kappa shape index (κ1) is 40.2. The molecule has 5 aromatic carbocycles. The molecule has 0 aliphatic heterocycles. The maximum atomic E-state index is 14.1. The summed E-state index contributed by atoms with van der Waals surface area (Å²) >= 11 is 4.46. The van der Waals surface area contributed by atoms with Crippen LogP contribution in [0.1, 0.15) is 31.9 Å². The Kier molecular flexibility index (Phi) is 14.3. The molecule has 53 heavy (non-hydrogen) atoms. The molecule has 0 aliphatic rings. The number of phosphoric ester groups is 1. The zero-order valence-corrected chi connectivity index (χ0v) is 34.8. The lowest BCUT2D eigenvalue weighted by Gasteiger charge is -2.25. The van der Waals surface area contributed by atoms with Crippen molar-refractivity contribution in [2.75, 3.05) is 13.7 Å². The summed E-state index contributed by atoms with van der Waals surface area (Å²) in [6.07, 6.45) is -0.336. The molecule has 5 aromatic rings. The van der Waals surface area contributed by atoms with Crippen LogP contribution >= 0.6 is 53.0 Å². The smallest absolute Gasteiger partial charge is 0.497 e. The molecular weight excluding hydrogens is 923 g/mol. The lowest BCUT2D eigenvalue weighted by molar-refractivity contribution is 0.0481. The van der Waals surface area contributed by atoms with Gasteiger partial charge in [-0.1, -0.05) is 48.5 Å². The van der Waals surface area contributed by atoms with Gasteiger partial charge in [0, 0.05) is 0 Å². The number of phosphoric acid groups is 1. The molecule has 0 radical (unpaired) electrons. The molecule has 0 unspecified atom stereocenters. The molecule has 0 saturated heterocycles. The van der Waals surface area contributed by atoms with Crippen molar-refractivity contribution in [2.24, 2.45) is 0 Å². The number of hydrogen-bond acceptors (Lipinski definition) is 9. The van der Waals surface area contributed by atoms with Crippen molar-refractivity contribution in [1.82, 2.24) is 5.32 Å². The summed E-state index contributed by atoms with van der Waals surface area (Å²) in [4.78, 5) is 13.0. The third-order valence-corrected chi connectivity index (χ3v) is 10.2. The summed E-state index contributed by atoms with van der Waals surface area (Å²) in [6, 6.07) is 35.7. The lowest BCUT2D eigenvalue weighted by atomic mass is 10.1. The van der Waals surface area contributed by atoms with Gasteiger partial charge in [-0.25, -0.2) is 9.36 Å². The van der Waals surface area contributed by atoms with Gasteiger partial charge in [-0.15, -0.1) is 0 Å². The summed E-state index contributed by atoms with van der Waals surface area (Å²) in [5.74, 6) is 3.46. The molecular formula is C40H40I2NO9P. The molecule has 13 heteroatoms. The van der Waals surface area contributed by atoms with E-state index in [1.807, 2.05) is 72.8 Å². The number of nitrogens with one attached hydrogen (secondary N) is 1. The molecule has 5 rings (SSSR count). The maximum absolute atomic E-state index is 14.1. The Morgan fingerprint density at radius 1 is 0.717 bits per heavy atom.